The number of benzene rings is 2. The average molecular weight is 442 g/mol. The summed E-state index contributed by atoms with van der Waals surface area (Å²) < 4.78 is 67.2. The maximum atomic E-state index is 13.0. The van der Waals surface area contributed by atoms with Crippen molar-refractivity contribution >= 4 is 21.6 Å². The number of methoxy groups -OCH3 is 1. The number of sulfonamides is 1. The molecule has 1 saturated heterocycles. The Morgan fingerprint density at radius 1 is 1.13 bits per heavy atom. The number of morpholine rings is 1. The molecule has 1 amide bonds. The molecule has 0 spiro atoms. The van der Waals surface area contributed by atoms with Crippen molar-refractivity contribution in [2.75, 3.05) is 38.7 Å². The molecule has 0 aromatic heterocycles. The van der Waals surface area contributed by atoms with Gasteiger partial charge in [0.2, 0.25) is 10.0 Å². The Morgan fingerprint density at radius 2 is 1.83 bits per heavy atom. The van der Waals surface area contributed by atoms with Crippen LogP contribution < -0.4 is 14.8 Å². The Bertz CT molecular complexity index is 1010. The van der Waals surface area contributed by atoms with E-state index in [4.69, 9.17) is 9.47 Å². The molecule has 0 unspecified atom stereocenters. The number of halogens is 2. The van der Waals surface area contributed by atoms with Crippen molar-refractivity contribution in [3.05, 3.63) is 48.0 Å². The number of amides is 1. The number of nitrogens with one attached hydrogen (secondary N) is 1. The third-order valence-corrected chi connectivity index (χ3v) is 6.28. The Kier molecular flexibility index (Phi) is 6.85. The lowest BCUT2D eigenvalue weighted by Gasteiger charge is -2.26. The molecule has 162 valence electrons. The molecule has 1 aliphatic rings. The monoisotopic (exact) mass is 442 g/mol. The first-order chi connectivity index (χ1) is 14.3. The van der Waals surface area contributed by atoms with Crippen LogP contribution in [0, 0.1) is 0 Å². The van der Waals surface area contributed by atoms with Gasteiger partial charge in [-0.2, -0.15) is 13.1 Å². The number of nitrogens with zero attached hydrogens (tertiary/aromatic N) is 1. The molecule has 3 rings (SSSR count). The zero-order valence-electron chi connectivity index (χ0n) is 16.0. The van der Waals surface area contributed by atoms with Crippen LogP contribution in [0.5, 0.6) is 11.5 Å². The second-order valence-corrected chi connectivity index (χ2v) is 8.12. The van der Waals surface area contributed by atoms with E-state index in [9.17, 15) is 22.0 Å². The highest BCUT2D eigenvalue weighted by Crippen LogP contribution is 2.31. The summed E-state index contributed by atoms with van der Waals surface area (Å²) in [5.74, 6) is -0.910. The molecular formula is C19H20F2N2O6S. The van der Waals surface area contributed by atoms with Crippen molar-refractivity contribution in [3.63, 3.8) is 0 Å². The van der Waals surface area contributed by atoms with Gasteiger partial charge in [0.25, 0.3) is 5.91 Å². The van der Waals surface area contributed by atoms with Gasteiger partial charge in [-0.1, -0.05) is 12.1 Å². The molecule has 1 heterocycles. The molecule has 1 fully saturated rings. The van der Waals surface area contributed by atoms with Gasteiger partial charge in [-0.3, -0.25) is 4.79 Å². The van der Waals surface area contributed by atoms with Crippen molar-refractivity contribution in [3.8, 4) is 11.5 Å². The lowest BCUT2D eigenvalue weighted by molar-refractivity contribution is -0.0501. The van der Waals surface area contributed by atoms with E-state index in [1.54, 1.807) is 0 Å². The van der Waals surface area contributed by atoms with Crippen LogP contribution in [0.15, 0.2) is 47.4 Å². The smallest absolute Gasteiger partial charge is 0.387 e. The summed E-state index contributed by atoms with van der Waals surface area (Å²) >= 11 is 0. The fraction of sp³-hybridized carbons (Fsp3) is 0.316. The number of hydrogen-bond donors (Lipinski definition) is 1. The first-order valence-electron chi connectivity index (χ1n) is 8.94. The summed E-state index contributed by atoms with van der Waals surface area (Å²) in [6.45, 7) is -2.15. The Morgan fingerprint density at radius 3 is 2.50 bits per heavy atom. The molecule has 0 radical (unpaired) electrons. The Balaban J connectivity index is 1.90. The minimum absolute atomic E-state index is 0.112. The Labute approximate surface area is 172 Å². The van der Waals surface area contributed by atoms with Gasteiger partial charge >= 0.3 is 6.61 Å². The van der Waals surface area contributed by atoms with Crippen LogP contribution in [0.3, 0.4) is 0 Å². The molecule has 1 aliphatic heterocycles. The van der Waals surface area contributed by atoms with E-state index in [0.717, 1.165) is 0 Å². The predicted molar refractivity (Wildman–Crippen MR) is 104 cm³/mol. The van der Waals surface area contributed by atoms with E-state index < -0.39 is 22.5 Å². The SMILES string of the molecule is COc1ccc(NC(=O)c2ccccc2OC(F)F)cc1S(=O)(=O)N1CCOCC1. The third kappa shape index (κ3) is 4.86. The quantitative estimate of drug-likeness (QED) is 0.709. The standard InChI is InChI=1S/C19H20F2N2O6S/c1-27-16-7-6-13(12-17(16)30(25,26)23-8-10-28-11-9-23)22-18(24)14-4-2-3-5-15(14)29-19(20)21/h2-7,12,19H,8-11H2,1H3,(H,22,24). The summed E-state index contributed by atoms with van der Waals surface area (Å²) in [5.41, 5.74) is 0.0330. The number of ether oxygens (including phenoxy) is 3. The normalized spacial score (nSPS) is 15.1. The van der Waals surface area contributed by atoms with E-state index in [2.05, 4.69) is 10.1 Å². The first kappa shape index (κ1) is 21.9. The predicted octanol–water partition coefficient (Wildman–Crippen LogP) is 2.57. The lowest BCUT2D eigenvalue weighted by atomic mass is 10.2. The highest BCUT2D eigenvalue weighted by Gasteiger charge is 2.29. The number of carbonyl (C=O) groups is 1. The number of carbonyl (C=O) groups excluding carboxylic acids is 1. The van der Waals surface area contributed by atoms with Gasteiger partial charge in [-0.05, 0) is 30.3 Å². The zero-order chi connectivity index (χ0) is 21.7. The molecule has 11 heteroatoms. The number of anilines is 1. The van der Waals surface area contributed by atoms with Crippen LogP contribution in [0.2, 0.25) is 0 Å². The van der Waals surface area contributed by atoms with Crippen LogP contribution in [0.4, 0.5) is 14.5 Å². The molecule has 0 aliphatic carbocycles. The zero-order valence-corrected chi connectivity index (χ0v) is 16.8. The van der Waals surface area contributed by atoms with E-state index >= 15 is 0 Å². The summed E-state index contributed by atoms with van der Waals surface area (Å²) in [5, 5.41) is 2.51. The van der Waals surface area contributed by atoms with Crippen LogP contribution in [-0.2, 0) is 14.8 Å². The highest BCUT2D eigenvalue weighted by molar-refractivity contribution is 7.89. The molecule has 1 N–H and O–H groups in total. The molecular weight excluding hydrogens is 422 g/mol. The van der Waals surface area contributed by atoms with E-state index in [1.807, 2.05) is 0 Å². The van der Waals surface area contributed by atoms with Crippen molar-refractivity contribution in [1.82, 2.24) is 4.31 Å². The van der Waals surface area contributed by atoms with Gasteiger partial charge in [0.1, 0.15) is 16.4 Å². The van der Waals surface area contributed by atoms with Crippen molar-refractivity contribution in [1.29, 1.82) is 0 Å². The first-order valence-corrected chi connectivity index (χ1v) is 10.4. The van der Waals surface area contributed by atoms with Crippen LogP contribution >= 0.6 is 0 Å². The van der Waals surface area contributed by atoms with Gasteiger partial charge in [0.05, 0.1) is 25.9 Å². The fourth-order valence-electron chi connectivity index (χ4n) is 2.93. The average Bonchev–Trinajstić information content (AvgIpc) is 2.74. The molecule has 2 aromatic rings. The van der Waals surface area contributed by atoms with Gasteiger partial charge in [0.15, 0.2) is 0 Å². The molecule has 0 saturated carbocycles. The van der Waals surface area contributed by atoms with Crippen LogP contribution in [0.25, 0.3) is 0 Å². The Hall–Kier alpha value is -2.76. The topological polar surface area (TPSA) is 94.2 Å². The van der Waals surface area contributed by atoms with Crippen molar-refractivity contribution in [2.24, 2.45) is 0 Å². The van der Waals surface area contributed by atoms with E-state index in [0.29, 0.717) is 0 Å². The number of rotatable bonds is 7. The highest BCUT2D eigenvalue weighted by atomic mass is 32.2. The molecule has 2 aromatic carbocycles. The van der Waals surface area contributed by atoms with Crippen molar-refractivity contribution < 1.29 is 36.2 Å². The molecule has 0 bridgehead atoms. The molecule has 30 heavy (non-hydrogen) atoms. The maximum absolute atomic E-state index is 13.0. The molecule has 0 atom stereocenters. The summed E-state index contributed by atoms with van der Waals surface area (Å²) in [4.78, 5) is 12.5. The number of hydrogen-bond acceptors (Lipinski definition) is 6. The maximum Gasteiger partial charge on any atom is 0.387 e. The summed E-state index contributed by atoms with van der Waals surface area (Å²) in [6, 6.07) is 9.63. The summed E-state index contributed by atoms with van der Waals surface area (Å²) in [7, 11) is -2.56. The number of alkyl halides is 2. The molecule has 8 nitrogen and oxygen atoms in total. The minimum atomic E-state index is -3.90. The van der Waals surface area contributed by atoms with E-state index in [1.165, 1.54) is 53.9 Å². The third-order valence-electron chi connectivity index (χ3n) is 4.36. The van der Waals surface area contributed by atoms with Gasteiger partial charge in [0, 0.05) is 18.8 Å². The second-order valence-electron chi connectivity index (χ2n) is 6.21. The van der Waals surface area contributed by atoms with Crippen molar-refractivity contribution in [2.45, 2.75) is 11.5 Å². The van der Waals surface area contributed by atoms with Crippen LogP contribution in [-0.4, -0.2) is 58.7 Å². The lowest BCUT2D eigenvalue weighted by Crippen LogP contribution is -2.40. The van der Waals surface area contributed by atoms with Gasteiger partial charge < -0.3 is 19.5 Å². The fourth-order valence-corrected chi connectivity index (χ4v) is 4.52. The van der Waals surface area contributed by atoms with Crippen LogP contribution in [0.1, 0.15) is 10.4 Å². The minimum Gasteiger partial charge on any atom is -0.495 e. The number of para-hydroxylation sites is 1. The second kappa shape index (κ2) is 9.37. The largest absolute Gasteiger partial charge is 0.495 e. The van der Waals surface area contributed by atoms with E-state index in [-0.39, 0.29) is 53.9 Å². The van der Waals surface area contributed by atoms with Gasteiger partial charge in [-0.25, -0.2) is 8.42 Å². The van der Waals surface area contributed by atoms with Gasteiger partial charge in [-0.15, -0.1) is 0 Å². The summed E-state index contributed by atoms with van der Waals surface area (Å²) in [6.07, 6.45) is 0.